The number of nitrogens with one attached hydrogen (secondary N) is 1. The highest BCUT2D eigenvalue weighted by Gasteiger charge is 2.13. The molecule has 0 radical (unpaired) electrons. The van der Waals surface area contributed by atoms with Crippen LogP contribution in [0.3, 0.4) is 0 Å². The molecular formula is C17H16N4O4. The van der Waals surface area contributed by atoms with Crippen molar-refractivity contribution in [3.8, 4) is 11.5 Å². The van der Waals surface area contributed by atoms with Crippen LogP contribution in [0.15, 0.2) is 47.4 Å². The molecule has 25 heavy (non-hydrogen) atoms. The van der Waals surface area contributed by atoms with Crippen LogP contribution >= 0.6 is 0 Å². The smallest absolute Gasteiger partial charge is 0.350 e. The van der Waals surface area contributed by atoms with Gasteiger partial charge in [0.1, 0.15) is 6.54 Å². The predicted octanol–water partition coefficient (Wildman–Crippen LogP) is 0.584. The Morgan fingerprint density at radius 2 is 2.08 bits per heavy atom. The number of carbonyl (C=O) groups excluding carboxylic acids is 1. The first-order valence-electron chi connectivity index (χ1n) is 7.90. The van der Waals surface area contributed by atoms with E-state index in [1.165, 1.54) is 4.40 Å². The third-order valence-electron chi connectivity index (χ3n) is 3.95. The number of benzene rings is 1. The van der Waals surface area contributed by atoms with E-state index in [2.05, 4.69) is 10.4 Å². The van der Waals surface area contributed by atoms with Gasteiger partial charge in [-0.2, -0.15) is 0 Å². The molecule has 128 valence electrons. The average Bonchev–Trinajstić information content (AvgIpc) is 3.20. The van der Waals surface area contributed by atoms with Crippen LogP contribution in [-0.4, -0.2) is 33.4 Å². The van der Waals surface area contributed by atoms with Crippen molar-refractivity contribution in [3.05, 3.63) is 58.6 Å². The maximum absolute atomic E-state index is 12.1. The van der Waals surface area contributed by atoms with Crippen LogP contribution in [-0.2, 0) is 17.8 Å². The summed E-state index contributed by atoms with van der Waals surface area (Å²) < 4.78 is 13.2. The second-order valence-corrected chi connectivity index (χ2v) is 5.66. The summed E-state index contributed by atoms with van der Waals surface area (Å²) >= 11 is 0. The highest BCUT2D eigenvalue weighted by atomic mass is 16.7. The van der Waals surface area contributed by atoms with Gasteiger partial charge in [-0.15, -0.1) is 5.10 Å². The third kappa shape index (κ3) is 3.06. The summed E-state index contributed by atoms with van der Waals surface area (Å²) in [4.78, 5) is 24.2. The summed E-state index contributed by atoms with van der Waals surface area (Å²) in [6, 6.07) is 10.9. The summed E-state index contributed by atoms with van der Waals surface area (Å²) in [5, 5.41) is 6.93. The maximum Gasteiger partial charge on any atom is 0.350 e. The zero-order chi connectivity index (χ0) is 17.2. The average molecular weight is 340 g/mol. The van der Waals surface area contributed by atoms with Crippen molar-refractivity contribution >= 4 is 11.6 Å². The lowest BCUT2D eigenvalue weighted by atomic mass is 10.1. The van der Waals surface area contributed by atoms with Crippen molar-refractivity contribution in [1.82, 2.24) is 19.5 Å². The number of fused-ring (bicyclic) bond motifs is 2. The van der Waals surface area contributed by atoms with Gasteiger partial charge in [-0.25, -0.2) is 9.48 Å². The van der Waals surface area contributed by atoms with Gasteiger partial charge in [0, 0.05) is 12.7 Å². The molecule has 0 unspecified atom stereocenters. The molecule has 4 rings (SSSR count). The van der Waals surface area contributed by atoms with Crippen LogP contribution < -0.4 is 20.5 Å². The summed E-state index contributed by atoms with van der Waals surface area (Å²) in [6.45, 7) is 0.589. The molecule has 1 aliphatic heterocycles. The molecule has 0 fully saturated rings. The molecule has 8 nitrogen and oxygen atoms in total. The van der Waals surface area contributed by atoms with Crippen molar-refractivity contribution in [3.63, 3.8) is 0 Å². The Morgan fingerprint density at radius 1 is 1.20 bits per heavy atom. The molecule has 0 saturated carbocycles. The Kier molecular flexibility index (Phi) is 3.85. The Bertz CT molecular complexity index is 992. The monoisotopic (exact) mass is 340 g/mol. The lowest BCUT2D eigenvalue weighted by molar-refractivity contribution is -0.121. The largest absolute Gasteiger partial charge is 0.454 e. The van der Waals surface area contributed by atoms with Gasteiger partial charge in [-0.3, -0.25) is 9.20 Å². The predicted molar refractivity (Wildman–Crippen MR) is 88.7 cm³/mol. The van der Waals surface area contributed by atoms with E-state index in [1.54, 1.807) is 24.4 Å². The quantitative estimate of drug-likeness (QED) is 0.734. The van der Waals surface area contributed by atoms with E-state index in [9.17, 15) is 9.59 Å². The molecule has 3 aromatic rings. The molecule has 0 bridgehead atoms. The van der Waals surface area contributed by atoms with Gasteiger partial charge in [0.2, 0.25) is 12.7 Å². The number of hydrogen-bond donors (Lipinski definition) is 1. The number of aromatic nitrogens is 3. The summed E-state index contributed by atoms with van der Waals surface area (Å²) in [5.41, 5.74) is 1.22. The van der Waals surface area contributed by atoms with Crippen LogP contribution in [0.5, 0.6) is 11.5 Å². The standard InChI is InChI=1S/C17H16N4O4/c22-16(10-21-17(23)20-8-2-1-3-15(20)19-21)18-7-6-12-4-5-13-14(9-12)25-11-24-13/h1-5,8-9H,6-7,10-11H2,(H,18,22). The minimum atomic E-state index is -0.332. The van der Waals surface area contributed by atoms with Crippen molar-refractivity contribution in [1.29, 1.82) is 0 Å². The number of carbonyl (C=O) groups is 1. The van der Waals surface area contributed by atoms with Crippen molar-refractivity contribution in [2.45, 2.75) is 13.0 Å². The Hall–Kier alpha value is -3.29. The maximum atomic E-state index is 12.1. The third-order valence-corrected chi connectivity index (χ3v) is 3.95. The fourth-order valence-electron chi connectivity index (χ4n) is 2.71. The topological polar surface area (TPSA) is 86.9 Å². The van der Waals surface area contributed by atoms with Crippen LogP contribution in [0.1, 0.15) is 5.56 Å². The molecule has 1 amide bonds. The van der Waals surface area contributed by atoms with Gasteiger partial charge in [-0.1, -0.05) is 12.1 Å². The Balaban J connectivity index is 1.34. The number of amides is 1. The molecule has 3 heterocycles. The van der Waals surface area contributed by atoms with Crippen LogP contribution in [0, 0.1) is 0 Å². The van der Waals surface area contributed by atoms with Gasteiger partial charge in [0.05, 0.1) is 0 Å². The molecule has 0 spiro atoms. The minimum Gasteiger partial charge on any atom is -0.454 e. The number of nitrogens with zero attached hydrogens (tertiary/aromatic N) is 3. The molecule has 1 aromatic carbocycles. The van der Waals surface area contributed by atoms with E-state index in [0.717, 1.165) is 21.7 Å². The number of pyridine rings is 1. The second-order valence-electron chi connectivity index (χ2n) is 5.66. The first-order chi connectivity index (χ1) is 12.2. The van der Waals surface area contributed by atoms with Crippen LogP contribution in [0.2, 0.25) is 0 Å². The summed E-state index contributed by atoms with van der Waals surface area (Å²) in [5.74, 6) is 1.20. The van der Waals surface area contributed by atoms with Gasteiger partial charge in [-0.05, 0) is 36.2 Å². The highest BCUT2D eigenvalue weighted by molar-refractivity contribution is 5.75. The molecular weight excluding hydrogens is 324 g/mol. The zero-order valence-corrected chi connectivity index (χ0v) is 13.3. The van der Waals surface area contributed by atoms with E-state index in [1.807, 2.05) is 18.2 Å². The second kappa shape index (κ2) is 6.31. The highest BCUT2D eigenvalue weighted by Crippen LogP contribution is 2.32. The van der Waals surface area contributed by atoms with E-state index < -0.39 is 0 Å². The first kappa shape index (κ1) is 15.3. The van der Waals surface area contributed by atoms with Gasteiger partial charge in [0.15, 0.2) is 17.1 Å². The summed E-state index contributed by atoms with van der Waals surface area (Å²) in [6.07, 6.45) is 2.28. The summed E-state index contributed by atoms with van der Waals surface area (Å²) in [7, 11) is 0. The van der Waals surface area contributed by atoms with Crippen molar-refractivity contribution in [2.24, 2.45) is 0 Å². The minimum absolute atomic E-state index is 0.109. The molecule has 1 aliphatic rings. The fourth-order valence-corrected chi connectivity index (χ4v) is 2.71. The molecule has 0 atom stereocenters. The molecule has 2 aromatic heterocycles. The van der Waals surface area contributed by atoms with Crippen molar-refractivity contribution in [2.75, 3.05) is 13.3 Å². The van der Waals surface area contributed by atoms with E-state index in [4.69, 9.17) is 9.47 Å². The molecule has 0 saturated heterocycles. The molecule has 0 aliphatic carbocycles. The first-order valence-corrected chi connectivity index (χ1v) is 7.90. The van der Waals surface area contributed by atoms with Gasteiger partial charge in [0.25, 0.3) is 0 Å². The zero-order valence-electron chi connectivity index (χ0n) is 13.3. The molecule has 8 heteroatoms. The number of hydrogen-bond acceptors (Lipinski definition) is 5. The van der Waals surface area contributed by atoms with E-state index >= 15 is 0 Å². The lowest BCUT2D eigenvalue weighted by Crippen LogP contribution is -2.33. The van der Waals surface area contributed by atoms with Crippen LogP contribution in [0.4, 0.5) is 0 Å². The Morgan fingerprint density at radius 3 is 2.96 bits per heavy atom. The number of ether oxygens (including phenoxy) is 2. The van der Waals surface area contributed by atoms with Crippen molar-refractivity contribution < 1.29 is 14.3 Å². The Labute approximate surface area is 142 Å². The SMILES string of the molecule is O=C(Cn1nc2ccccn2c1=O)NCCc1ccc2c(c1)OCO2. The van der Waals surface area contributed by atoms with Gasteiger partial charge < -0.3 is 14.8 Å². The van der Waals surface area contributed by atoms with E-state index in [0.29, 0.717) is 18.6 Å². The van der Waals surface area contributed by atoms with Crippen LogP contribution in [0.25, 0.3) is 5.65 Å². The number of rotatable bonds is 5. The molecule has 1 N–H and O–H groups in total. The lowest BCUT2D eigenvalue weighted by Gasteiger charge is -2.06. The van der Waals surface area contributed by atoms with E-state index in [-0.39, 0.29) is 24.9 Å². The fraction of sp³-hybridized carbons (Fsp3) is 0.235. The van der Waals surface area contributed by atoms with Gasteiger partial charge >= 0.3 is 5.69 Å². The normalized spacial score (nSPS) is 12.5.